The van der Waals surface area contributed by atoms with E-state index < -0.39 is 5.91 Å². The molecule has 1 fully saturated rings. The number of benzene rings is 1. The van der Waals surface area contributed by atoms with Crippen molar-refractivity contribution in [2.75, 3.05) is 44.2 Å². The van der Waals surface area contributed by atoms with E-state index in [1.165, 1.54) is 17.4 Å². The third kappa shape index (κ3) is 6.02. The molecule has 0 spiro atoms. The summed E-state index contributed by atoms with van der Waals surface area (Å²) in [6.45, 7) is 12.0. The molecule has 9 nitrogen and oxygen atoms in total. The van der Waals surface area contributed by atoms with Crippen LogP contribution in [0.1, 0.15) is 52.1 Å². The molecule has 1 aliphatic rings. The van der Waals surface area contributed by atoms with Crippen molar-refractivity contribution in [2.24, 2.45) is 5.73 Å². The molecule has 0 saturated carbocycles. The van der Waals surface area contributed by atoms with Crippen LogP contribution in [-0.4, -0.2) is 70.6 Å². The van der Waals surface area contributed by atoms with Crippen molar-refractivity contribution in [1.82, 2.24) is 24.8 Å². The lowest BCUT2D eigenvalue weighted by Crippen LogP contribution is -2.46. The zero-order valence-electron chi connectivity index (χ0n) is 21.6. The van der Waals surface area contributed by atoms with Crippen molar-refractivity contribution in [3.8, 4) is 0 Å². The van der Waals surface area contributed by atoms with Crippen LogP contribution in [0.3, 0.4) is 0 Å². The molecule has 1 aliphatic heterocycles. The van der Waals surface area contributed by atoms with E-state index in [1.807, 2.05) is 13.8 Å². The minimum atomic E-state index is -0.548. The van der Waals surface area contributed by atoms with Crippen LogP contribution >= 0.6 is 0 Å². The summed E-state index contributed by atoms with van der Waals surface area (Å²) in [5.41, 5.74) is 11.4. The maximum Gasteiger partial charge on any atom is 0.254 e. The molecule has 1 aromatic carbocycles. The second-order valence-electron chi connectivity index (χ2n) is 9.64. The smallest absolute Gasteiger partial charge is 0.254 e. The second-order valence-corrected chi connectivity index (χ2v) is 9.64. The van der Waals surface area contributed by atoms with Crippen LogP contribution in [-0.2, 0) is 11.2 Å². The number of carbonyl (C=O) groups excluding carboxylic acids is 2. The Morgan fingerprint density at radius 2 is 1.86 bits per heavy atom. The summed E-state index contributed by atoms with van der Waals surface area (Å²) in [7, 11) is 0. The van der Waals surface area contributed by atoms with Gasteiger partial charge in [-0.3, -0.25) is 14.5 Å². The fraction of sp³-hybridized carbons (Fsp3) is 0.481. The van der Waals surface area contributed by atoms with Gasteiger partial charge in [-0.1, -0.05) is 12.1 Å². The van der Waals surface area contributed by atoms with Crippen molar-refractivity contribution in [2.45, 2.75) is 46.5 Å². The number of nitrogens with zero attached hydrogens (tertiary/aromatic N) is 5. The van der Waals surface area contributed by atoms with Gasteiger partial charge in [0.2, 0.25) is 5.91 Å². The molecule has 2 aromatic heterocycles. The Hall–Kier alpha value is -3.46. The van der Waals surface area contributed by atoms with Gasteiger partial charge in [0.1, 0.15) is 5.56 Å². The van der Waals surface area contributed by atoms with Gasteiger partial charge in [0.05, 0.1) is 6.20 Å². The number of anilines is 1. The number of hydrogen-bond acceptors (Lipinski definition) is 6. The minimum Gasteiger partial charge on any atom is -0.369 e. The van der Waals surface area contributed by atoms with Crippen molar-refractivity contribution < 1.29 is 9.59 Å². The lowest BCUT2D eigenvalue weighted by Gasteiger charge is -2.36. The van der Waals surface area contributed by atoms with Gasteiger partial charge < -0.3 is 16.0 Å². The van der Waals surface area contributed by atoms with E-state index in [2.05, 4.69) is 56.4 Å². The maximum atomic E-state index is 12.4. The predicted octanol–water partition coefficient (Wildman–Crippen LogP) is 2.40. The number of amides is 2. The third-order valence-electron chi connectivity index (χ3n) is 7.04. The lowest BCUT2D eigenvalue weighted by atomic mass is 10.1. The highest BCUT2D eigenvalue weighted by Crippen LogP contribution is 2.19. The average Bonchev–Trinajstić information content (AvgIpc) is 3.28. The SMILES string of the molecule is Cc1cccc(N2CCN(CCCCNC(=O)CCc3c(C)nc4c(C(N)=O)cnn4c3C)CC2)c1. The number of fused-ring (bicyclic) bond motifs is 1. The normalized spacial score (nSPS) is 14.4. The highest BCUT2D eigenvalue weighted by atomic mass is 16.1. The van der Waals surface area contributed by atoms with Gasteiger partial charge in [0.15, 0.2) is 5.65 Å². The van der Waals surface area contributed by atoms with Crippen molar-refractivity contribution in [3.05, 3.63) is 58.5 Å². The standard InChI is InChI=1S/C27H37N7O2/c1-19-7-6-8-22(17-19)33-15-13-32(14-16-33)12-5-4-11-29-25(35)10-9-23-20(2)31-27-24(26(28)36)18-30-34(27)21(23)3/h6-8,17-18H,4-5,9-16H2,1-3H3,(H2,28,36)(H,29,35). The number of aromatic nitrogens is 3. The molecule has 2 amide bonds. The fourth-order valence-corrected chi connectivity index (χ4v) is 4.92. The van der Waals surface area contributed by atoms with Crippen molar-refractivity contribution in [1.29, 1.82) is 0 Å². The van der Waals surface area contributed by atoms with Gasteiger partial charge in [0.25, 0.3) is 5.91 Å². The second kappa shape index (κ2) is 11.5. The molecule has 36 heavy (non-hydrogen) atoms. The predicted molar refractivity (Wildman–Crippen MR) is 141 cm³/mol. The van der Waals surface area contributed by atoms with Crippen molar-refractivity contribution >= 4 is 23.1 Å². The summed E-state index contributed by atoms with van der Waals surface area (Å²) in [5.74, 6) is -0.507. The third-order valence-corrected chi connectivity index (χ3v) is 7.04. The van der Waals surface area contributed by atoms with E-state index in [0.717, 1.165) is 62.5 Å². The Kier molecular flexibility index (Phi) is 8.20. The number of hydrogen-bond donors (Lipinski definition) is 2. The molecule has 0 atom stereocenters. The van der Waals surface area contributed by atoms with Crippen LogP contribution in [0.4, 0.5) is 5.69 Å². The Morgan fingerprint density at radius 1 is 1.08 bits per heavy atom. The highest BCUT2D eigenvalue weighted by Gasteiger charge is 2.18. The first-order chi connectivity index (χ1) is 17.3. The molecule has 3 heterocycles. The number of piperazine rings is 1. The van der Waals surface area contributed by atoms with E-state index in [0.29, 0.717) is 30.6 Å². The Morgan fingerprint density at radius 3 is 2.58 bits per heavy atom. The van der Waals surface area contributed by atoms with Crippen LogP contribution in [0.2, 0.25) is 0 Å². The van der Waals surface area contributed by atoms with E-state index >= 15 is 0 Å². The van der Waals surface area contributed by atoms with Gasteiger partial charge in [-0.2, -0.15) is 5.10 Å². The number of aryl methyl sites for hydroxylation is 3. The van der Waals surface area contributed by atoms with Crippen LogP contribution < -0.4 is 16.0 Å². The number of primary amides is 1. The molecule has 3 N–H and O–H groups in total. The minimum absolute atomic E-state index is 0.0407. The molecule has 4 rings (SSSR count). The number of unbranched alkanes of at least 4 members (excludes halogenated alkanes) is 1. The van der Waals surface area contributed by atoms with Crippen LogP contribution in [0.15, 0.2) is 30.5 Å². The Balaban J connectivity index is 1.15. The number of rotatable bonds is 10. The van der Waals surface area contributed by atoms with Crippen LogP contribution in [0, 0.1) is 20.8 Å². The molecular formula is C27H37N7O2. The quantitative estimate of drug-likeness (QED) is 0.422. The summed E-state index contributed by atoms with van der Waals surface area (Å²) >= 11 is 0. The van der Waals surface area contributed by atoms with E-state index in [4.69, 9.17) is 5.73 Å². The molecule has 3 aromatic rings. The largest absolute Gasteiger partial charge is 0.369 e. The lowest BCUT2D eigenvalue weighted by molar-refractivity contribution is -0.121. The highest BCUT2D eigenvalue weighted by molar-refractivity contribution is 5.98. The average molecular weight is 492 g/mol. The molecule has 192 valence electrons. The summed E-state index contributed by atoms with van der Waals surface area (Å²) in [6.07, 6.45) is 4.45. The first-order valence-corrected chi connectivity index (χ1v) is 12.8. The molecule has 9 heteroatoms. The number of nitrogens with one attached hydrogen (secondary N) is 1. The molecule has 0 unspecified atom stereocenters. The Labute approximate surface area is 212 Å². The topological polar surface area (TPSA) is 109 Å². The van der Waals surface area contributed by atoms with Gasteiger partial charge in [0, 0.05) is 56.2 Å². The summed E-state index contributed by atoms with van der Waals surface area (Å²) in [5, 5.41) is 7.30. The summed E-state index contributed by atoms with van der Waals surface area (Å²) < 4.78 is 1.63. The summed E-state index contributed by atoms with van der Waals surface area (Å²) in [4.78, 5) is 33.5. The monoisotopic (exact) mass is 491 g/mol. The molecule has 0 radical (unpaired) electrons. The van der Waals surface area contributed by atoms with E-state index in [-0.39, 0.29) is 5.91 Å². The fourth-order valence-electron chi connectivity index (χ4n) is 4.92. The van der Waals surface area contributed by atoms with Gasteiger partial charge in [-0.15, -0.1) is 0 Å². The molecule has 0 aliphatic carbocycles. The van der Waals surface area contributed by atoms with Gasteiger partial charge in [-0.05, 0) is 69.8 Å². The van der Waals surface area contributed by atoms with Gasteiger partial charge >= 0.3 is 0 Å². The number of nitrogens with two attached hydrogens (primary N) is 1. The van der Waals surface area contributed by atoms with Crippen molar-refractivity contribution in [3.63, 3.8) is 0 Å². The van der Waals surface area contributed by atoms with E-state index in [9.17, 15) is 9.59 Å². The Bertz CT molecular complexity index is 1230. The zero-order valence-corrected chi connectivity index (χ0v) is 21.6. The van der Waals surface area contributed by atoms with E-state index in [1.54, 1.807) is 4.52 Å². The zero-order chi connectivity index (χ0) is 25.7. The maximum absolute atomic E-state index is 12.4. The summed E-state index contributed by atoms with van der Waals surface area (Å²) in [6, 6.07) is 8.72. The van der Waals surface area contributed by atoms with Crippen LogP contribution in [0.5, 0.6) is 0 Å². The van der Waals surface area contributed by atoms with Gasteiger partial charge in [-0.25, -0.2) is 9.50 Å². The van der Waals surface area contributed by atoms with Crippen LogP contribution in [0.25, 0.3) is 5.65 Å². The first kappa shape index (κ1) is 25.6. The first-order valence-electron chi connectivity index (χ1n) is 12.8. The number of carbonyl (C=O) groups is 2. The molecule has 0 bridgehead atoms. The molecule has 1 saturated heterocycles. The molecular weight excluding hydrogens is 454 g/mol.